The van der Waals surface area contributed by atoms with Crippen molar-refractivity contribution in [1.82, 2.24) is 0 Å². The van der Waals surface area contributed by atoms with Gasteiger partial charge in [0.1, 0.15) is 4.88 Å². The molecule has 8 heteroatoms. The average Bonchev–Trinajstić information content (AvgIpc) is 3.46. The maximum atomic E-state index is 14.5. The van der Waals surface area contributed by atoms with Gasteiger partial charge in [-0.2, -0.15) is 0 Å². The van der Waals surface area contributed by atoms with Crippen LogP contribution in [0.15, 0.2) is 66.7 Å². The number of nitrogens with zero attached hydrogens (tertiary/aromatic N) is 1. The van der Waals surface area contributed by atoms with E-state index >= 15 is 0 Å². The second-order valence-electron chi connectivity index (χ2n) is 13.3. The molecule has 1 aromatic heterocycles. The Bertz CT molecular complexity index is 1400. The van der Waals surface area contributed by atoms with E-state index in [0.717, 1.165) is 30.6 Å². The van der Waals surface area contributed by atoms with E-state index in [1.54, 1.807) is 0 Å². The van der Waals surface area contributed by atoms with E-state index in [2.05, 4.69) is 27.7 Å². The number of benzene rings is 2. The maximum absolute atomic E-state index is 14.5. The molecule has 2 aliphatic carbocycles. The quantitative estimate of drug-likeness (QED) is 0.257. The minimum atomic E-state index is -3.33. The van der Waals surface area contributed by atoms with Gasteiger partial charge in [-0.1, -0.05) is 64.1 Å². The number of carbonyl (C=O) groups excluding carboxylic acids is 1. The van der Waals surface area contributed by atoms with E-state index in [1.807, 2.05) is 71.6 Å². The first kappa shape index (κ1) is 31.7. The van der Waals surface area contributed by atoms with E-state index in [-0.39, 0.29) is 34.3 Å². The Morgan fingerprint density at radius 3 is 1.88 bits per heavy atom. The molecule has 0 atom stereocenters. The number of amides is 1. The summed E-state index contributed by atoms with van der Waals surface area (Å²) in [7, 11) is -3.33. The summed E-state index contributed by atoms with van der Waals surface area (Å²) in [5.41, 5.74) is 0.304. The number of carboxylic acid groups (broad SMARTS) is 1. The van der Waals surface area contributed by atoms with E-state index in [1.165, 1.54) is 11.3 Å². The molecule has 1 amide bonds. The minimum Gasteiger partial charge on any atom is -0.477 e. The molecule has 230 valence electrons. The van der Waals surface area contributed by atoms with E-state index in [9.17, 15) is 19.3 Å². The number of anilines is 1. The third-order valence-corrected chi connectivity index (χ3v) is 13.1. The van der Waals surface area contributed by atoms with Gasteiger partial charge in [-0.3, -0.25) is 9.36 Å². The van der Waals surface area contributed by atoms with Crippen LogP contribution in [-0.2, 0) is 19.3 Å². The second-order valence-corrected chi connectivity index (χ2v) is 16.7. The number of thiophene rings is 1. The van der Waals surface area contributed by atoms with Crippen molar-refractivity contribution in [3.05, 3.63) is 76.5 Å². The monoisotopic (exact) mass is 621 g/mol. The van der Waals surface area contributed by atoms with Crippen LogP contribution in [0.4, 0.5) is 5.69 Å². The smallest absolute Gasteiger partial charge is 0.348 e. The molecular weight excluding hydrogens is 577 g/mol. The number of hydrogen-bond donors (Lipinski definition) is 1. The number of rotatable bonds is 8. The van der Waals surface area contributed by atoms with Crippen molar-refractivity contribution < 1.29 is 23.8 Å². The SMILES string of the molecule is CC1CCC(C(=O)N(c2cc(C(C)(C)C)sc2C(=O)O)C2CCC(OP(=O)(c3ccccc3)c3ccccc3)CC2)CC1. The van der Waals surface area contributed by atoms with Gasteiger partial charge >= 0.3 is 5.97 Å². The molecule has 0 unspecified atom stereocenters. The van der Waals surface area contributed by atoms with Crippen LogP contribution in [0.5, 0.6) is 0 Å². The lowest BCUT2D eigenvalue weighted by Gasteiger charge is -2.40. The number of carboxylic acids is 1. The molecule has 0 bridgehead atoms. The lowest BCUT2D eigenvalue weighted by molar-refractivity contribution is -0.124. The van der Waals surface area contributed by atoms with Crippen molar-refractivity contribution in [3.63, 3.8) is 0 Å². The van der Waals surface area contributed by atoms with Crippen molar-refractivity contribution in [1.29, 1.82) is 0 Å². The molecule has 0 aliphatic heterocycles. The highest BCUT2D eigenvalue weighted by molar-refractivity contribution is 7.74. The van der Waals surface area contributed by atoms with Crippen LogP contribution in [0.25, 0.3) is 0 Å². The Hall–Kier alpha value is -2.73. The summed E-state index contributed by atoms with van der Waals surface area (Å²) in [4.78, 5) is 29.8. The van der Waals surface area contributed by atoms with Gasteiger partial charge in [-0.05, 0) is 93.0 Å². The van der Waals surface area contributed by atoms with Gasteiger partial charge in [-0.25, -0.2) is 4.79 Å². The molecule has 1 heterocycles. The molecule has 2 saturated carbocycles. The highest BCUT2D eigenvalue weighted by Gasteiger charge is 2.40. The van der Waals surface area contributed by atoms with Crippen LogP contribution in [0.3, 0.4) is 0 Å². The second kappa shape index (κ2) is 13.1. The van der Waals surface area contributed by atoms with Gasteiger partial charge in [0.25, 0.3) is 7.37 Å². The van der Waals surface area contributed by atoms with Gasteiger partial charge in [0, 0.05) is 27.4 Å². The Labute approximate surface area is 259 Å². The Morgan fingerprint density at radius 2 is 1.40 bits per heavy atom. The van der Waals surface area contributed by atoms with Gasteiger partial charge in [0.15, 0.2) is 0 Å². The first-order valence-corrected chi connectivity index (χ1v) is 18.0. The standard InChI is InChI=1S/C35H44NO5PS/c1-24-15-17-25(18-16-24)33(37)36(30-23-31(35(2,3)4)43-32(30)34(38)39)26-19-21-27(22-20-26)41-42(40,28-11-7-5-8-12-28)29-13-9-6-10-14-29/h5-14,23-27H,15-22H2,1-4H3,(H,38,39). The predicted molar refractivity (Wildman–Crippen MR) is 175 cm³/mol. The molecule has 0 saturated heterocycles. The fourth-order valence-corrected chi connectivity index (χ4v) is 9.77. The van der Waals surface area contributed by atoms with Crippen LogP contribution in [0.2, 0.25) is 0 Å². The Kier molecular flexibility index (Phi) is 9.65. The molecule has 43 heavy (non-hydrogen) atoms. The molecule has 2 aromatic carbocycles. The Balaban J connectivity index is 1.42. The van der Waals surface area contributed by atoms with Gasteiger partial charge in [0.05, 0.1) is 11.8 Å². The first-order chi connectivity index (χ1) is 20.5. The van der Waals surface area contributed by atoms with E-state index < -0.39 is 13.3 Å². The summed E-state index contributed by atoms with van der Waals surface area (Å²) in [6.45, 7) is 8.45. The summed E-state index contributed by atoms with van der Waals surface area (Å²) in [6, 6.07) is 20.6. The summed E-state index contributed by atoms with van der Waals surface area (Å²) in [5, 5.41) is 11.6. The van der Waals surface area contributed by atoms with Crippen molar-refractivity contribution >= 4 is 46.9 Å². The third kappa shape index (κ3) is 7.00. The lowest BCUT2D eigenvalue weighted by Crippen LogP contribution is -2.47. The lowest BCUT2D eigenvalue weighted by atomic mass is 9.81. The zero-order valence-electron chi connectivity index (χ0n) is 25.7. The molecule has 0 spiro atoms. The highest BCUT2D eigenvalue weighted by atomic mass is 32.1. The van der Waals surface area contributed by atoms with Crippen molar-refractivity contribution in [2.45, 2.75) is 96.6 Å². The van der Waals surface area contributed by atoms with Crippen molar-refractivity contribution in [2.24, 2.45) is 11.8 Å². The fraction of sp³-hybridized carbons (Fsp3) is 0.486. The van der Waals surface area contributed by atoms with Crippen LogP contribution >= 0.6 is 18.7 Å². The average molecular weight is 622 g/mol. The van der Waals surface area contributed by atoms with Gasteiger partial charge in [-0.15, -0.1) is 11.3 Å². The molecular formula is C35H44NO5PS. The molecule has 5 rings (SSSR count). The summed E-state index contributed by atoms with van der Waals surface area (Å²) in [5.74, 6) is -0.426. The fourth-order valence-electron chi connectivity index (χ4n) is 6.42. The van der Waals surface area contributed by atoms with Crippen LogP contribution in [0, 0.1) is 11.8 Å². The number of carbonyl (C=O) groups is 2. The van der Waals surface area contributed by atoms with Crippen LogP contribution in [-0.4, -0.2) is 29.1 Å². The molecule has 6 nitrogen and oxygen atoms in total. The van der Waals surface area contributed by atoms with Crippen LogP contribution in [0.1, 0.15) is 93.6 Å². The van der Waals surface area contributed by atoms with E-state index in [0.29, 0.717) is 47.9 Å². The molecule has 1 N–H and O–H groups in total. The zero-order chi connectivity index (χ0) is 30.8. The Morgan fingerprint density at radius 1 is 0.860 bits per heavy atom. The summed E-state index contributed by atoms with van der Waals surface area (Å²) >= 11 is 1.28. The number of aromatic carboxylic acids is 1. The van der Waals surface area contributed by atoms with E-state index in [4.69, 9.17) is 4.52 Å². The summed E-state index contributed by atoms with van der Waals surface area (Å²) < 4.78 is 21.1. The molecule has 0 radical (unpaired) electrons. The zero-order valence-corrected chi connectivity index (χ0v) is 27.4. The van der Waals surface area contributed by atoms with Crippen molar-refractivity contribution in [2.75, 3.05) is 4.90 Å². The molecule has 2 aliphatic rings. The van der Waals surface area contributed by atoms with Crippen LogP contribution < -0.4 is 15.5 Å². The topological polar surface area (TPSA) is 83.9 Å². The molecule has 3 aromatic rings. The summed E-state index contributed by atoms with van der Waals surface area (Å²) in [6.07, 6.45) is 6.06. The minimum absolute atomic E-state index is 0.0521. The van der Waals surface area contributed by atoms with Gasteiger partial charge < -0.3 is 14.5 Å². The number of hydrogen-bond acceptors (Lipinski definition) is 5. The normalized spacial score (nSPS) is 23.1. The highest BCUT2D eigenvalue weighted by Crippen LogP contribution is 2.49. The predicted octanol–water partition coefficient (Wildman–Crippen LogP) is 8.16. The first-order valence-electron chi connectivity index (χ1n) is 15.6. The molecule has 2 fully saturated rings. The largest absolute Gasteiger partial charge is 0.477 e. The maximum Gasteiger partial charge on any atom is 0.348 e. The van der Waals surface area contributed by atoms with Crippen molar-refractivity contribution in [3.8, 4) is 0 Å². The van der Waals surface area contributed by atoms with Gasteiger partial charge in [0.2, 0.25) is 5.91 Å². The third-order valence-electron chi connectivity index (χ3n) is 9.01.